The first-order valence-corrected chi connectivity index (χ1v) is 7.63. The maximum absolute atomic E-state index is 13.5. The number of anilines is 1. The maximum atomic E-state index is 13.5. The monoisotopic (exact) mass is 292 g/mol. The van der Waals surface area contributed by atoms with E-state index >= 15 is 0 Å². The van der Waals surface area contributed by atoms with Gasteiger partial charge < -0.3 is 10.6 Å². The second-order valence-corrected chi connectivity index (χ2v) is 7.02. The molecule has 4 heteroatoms. The number of benzene rings is 1. The fourth-order valence-corrected chi connectivity index (χ4v) is 3.01. The lowest BCUT2D eigenvalue weighted by Crippen LogP contribution is -2.32. The van der Waals surface area contributed by atoms with Crippen LogP contribution in [0.25, 0.3) is 0 Å². The highest BCUT2D eigenvalue weighted by atomic mass is 19.1. The number of amides is 1. The normalized spacial score (nSPS) is 20.2. The summed E-state index contributed by atoms with van der Waals surface area (Å²) in [6.07, 6.45) is 3.15. The second-order valence-electron chi connectivity index (χ2n) is 7.02. The van der Waals surface area contributed by atoms with Gasteiger partial charge in [0.05, 0.1) is 5.69 Å². The van der Waals surface area contributed by atoms with E-state index < -0.39 is 5.82 Å². The summed E-state index contributed by atoms with van der Waals surface area (Å²) in [6, 6.07) is 4.30. The van der Waals surface area contributed by atoms with E-state index in [9.17, 15) is 9.18 Å². The molecule has 1 aromatic carbocycles. The van der Waals surface area contributed by atoms with Crippen LogP contribution in [-0.2, 0) is 0 Å². The van der Waals surface area contributed by atoms with Crippen molar-refractivity contribution in [1.82, 2.24) is 4.90 Å². The van der Waals surface area contributed by atoms with Gasteiger partial charge in [-0.05, 0) is 48.8 Å². The molecule has 21 heavy (non-hydrogen) atoms. The van der Waals surface area contributed by atoms with E-state index in [1.165, 1.54) is 12.1 Å². The summed E-state index contributed by atoms with van der Waals surface area (Å²) in [4.78, 5) is 14.3. The maximum Gasteiger partial charge on any atom is 0.253 e. The predicted octanol–water partition coefficient (Wildman–Crippen LogP) is 3.70. The van der Waals surface area contributed by atoms with Crippen LogP contribution in [0.5, 0.6) is 0 Å². The van der Waals surface area contributed by atoms with Crippen LogP contribution >= 0.6 is 0 Å². The Balaban J connectivity index is 2.08. The fraction of sp³-hybridized carbons (Fsp3) is 0.588. The number of hydrogen-bond donors (Lipinski definition) is 1. The minimum absolute atomic E-state index is 0.0789. The number of carbonyl (C=O) groups excluding carboxylic acids is 1. The molecule has 1 aliphatic heterocycles. The van der Waals surface area contributed by atoms with Crippen molar-refractivity contribution in [1.29, 1.82) is 0 Å². The molecular formula is C17H25FN2O. The molecule has 0 spiro atoms. The number of carbonyl (C=O) groups is 1. The van der Waals surface area contributed by atoms with Gasteiger partial charge in [-0.3, -0.25) is 4.79 Å². The zero-order chi connectivity index (χ0) is 15.6. The number of nitrogens with two attached hydrogens (primary N) is 1. The molecule has 1 unspecified atom stereocenters. The molecular weight excluding hydrogens is 267 g/mol. The first-order chi connectivity index (χ1) is 9.79. The number of nitrogen functional groups attached to an aromatic ring is 1. The average molecular weight is 292 g/mol. The lowest BCUT2D eigenvalue weighted by Gasteiger charge is -2.29. The Kier molecular flexibility index (Phi) is 4.55. The Labute approximate surface area is 126 Å². The molecule has 0 saturated carbocycles. The van der Waals surface area contributed by atoms with E-state index in [1.807, 2.05) is 4.90 Å². The number of rotatable bonds is 1. The van der Waals surface area contributed by atoms with E-state index in [1.54, 1.807) is 6.07 Å². The molecule has 1 fully saturated rings. The van der Waals surface area contributed by atoms with Crippen molar-refractivity contribution in [2.45, 2.75) is 40.0 Å². The van der Waals surface area contributed by atoms with Gasteiger partial charge in [0.2, 0.25) is 0 Å². The molecule has 1 heterocycles. The van der Waals surface area contributed by atoms with Crippen LogP contribution in [0.15, 0.2) is 18.2 Å². The van der Waals surface area contributed by atoms with Crippen LogP contribution < -0.4 is 5.73 Å². The molecule has 0 bridgehead atoms. The molecule has 2 rings (SSSR count). The Hall–Kier alpha value is -1.58. The highest BCUT2D eigenvalue weighted by Crippen LogP contribution is 2.34. The first kappa shape index (κ1) is 15.8. The molecule has 0 radical (unpaired) electrons. The third kappa shape index (κ3) is 3.74. The van der Waals surface area contributed by atoms with Gasteiger partial charge in [0.25, 0.3) is 5.91 Å². The second kappa shape index (κ2) is 6.04. The number of halogens is 1. The highest BCUT2D eigenvalue weighted by Gasteiger charge is 2.28. The van der Waals surface area contributed by atoms with Crippen molar-refractivity contribution < 1.29 is 9.18 Å². The Morgan fingerprint density at radius 1 is 1.29 bits per heavy atom. The first-order valence-electron chi connectivity index (χ1n) is 7.63. The van der Waals surface area contributed by atoms with E-state index in [-0.39, 0.29) is 17.0 Å². The highest BCUT2D eigenvalue weighted by molar-refractivity contribution is 5.94. The summed E-state index contributed by atoms with van der Waals surface area (Å²) >= 11 is 0. The smallest absolute Gasteiger partial charge is 0.253 e. The minimum atomic E-state index is -0.525. The van der Waals surface area contributed by atoms with Crippen molar-refractivity contribution in [2.24, 2.45) is 11.3 Å². The van der Waals surface area contributed by atoms with Crippen LogP contribution in [0, 0.1) is 17.2 Å². The van der Waals surface area contributed by atoms with Gasteiger partial charge in [0.15, 0.2) is 0 Å². The van der Waals surface area contributed by atoms with Crippen molar-refractivity contribution in [3.8, 4) is 0 Å². The van der Waals surface area contributed by atoms with Crippen LogP contribution in [0.3, 0.4) is 0 Å². The zero-order valence-electron chi connectivity index (χ0n) is 13.2. The molecule has 116 valence electrons. The summed E-state index contributed by atoms with van der Waals surface area (Å²) in [5, 5.41) is 0. The molecule has 1 aromatic rings. The van der Waals surface area contributed by atoms with E-state index in [0.29, 0.717) is 11.5 Å². The van der Waals surface area contributed by atoms with Gasteiger partial charge in [-0.25, -0.2) is 4.39 Å². The third-order valence-electron chi connectivity index (χ3n) is 4.49. The molecule has 1 atom stereocenters. The van der Waals surface area contributed by atoms with Gasteiger partial charge in [-0.1, -0.05) is 20.8 Å². The SMILES string of the molecule is CC(C)(C)C1CCCN(C(=O)c2ccc(N)c(F)c2)CC1. The van der Waals surface area contributed by atoms with Crippen LogP contribution in [-0.4, -0.2) is 23.9 Å². The van der Waals surface area contributed by atoms with Gasteiger partial charge in [-0.2, -0.15) is 0 Å². The molecule has 1 amide bonds. The van der Waals surface area contributed by atoms with Crippen molar-refractivity contribution in [2.75, 3.05) is 18.8 Å². The Morgan fingerprint density at radius 3 is 2.62 bits per heavy atom. The summed E-state index contributed by atoms with van der Waals surface area (Å²) in [5.74, 6) is 0.00477. The van der Waals surface area contributed by atoms with E-state index in [4.69, 9.17) is 5.73 Å². The summed E-state index contributed by atoms with van der Waals surface area (Å²) in [5.41, 5.74) is 6.19. The van der Waals surface area contributed by atoms with Crippen LogP contribution in [0.4, 0.5) is 10.1 Å². The number of likely N-dealkylation sites (tertiary alicyclic amines) is 1. The van der Waals surface area contributed by atoms with E-state index in [0.717, 1.165) is 32.4 Å². The molecule has 1 aliphatic rings. The minimum Gasteiger partial charge on any atom is -0.396 e. The third-order valence-corrected chi connectivity index (χ3v) is 4.49. The Morgan fingerprint density at radius 2 is 2.00 bits per heavy atom. The summed E-state index contributed by atoms with van der Waals surface area (Å²) in [6.45, 7) is 8.25. The fourth-order valence-electron chi connectivity index (χ4n) is 3.01. The summed E-state index contributed by atoms with van der Waals surface area (Å²) in [7, 11) is 0. The molecule has 0 aliphatic carbocycles. The quantitative estimate of drug-likeness (QED) is 0.802. The topological polar surface area (TPSA) is 46.3 Å². The van der Waals surface area contributed by atoms with Gasteiger partial charge in [0, 0.05) is 18.7 Å². The van der Waals surface area contributed by atoms with Gasteiger partial charge in [-0.15, -0.1) is 0 Å². The van der Waals surface area contributed by atoms with Crippen LogP contribution in [0.2, 0.25) is 0 Å². The zero-order valence-corrected chi connectivity index (χ0v) is 13.2. The summed E-state index contributed by atoms with van der Waals surface area (Å²) < 4.78 is 13.5. The molecule has 1 saturated heterocycles. The van der Waals surface area contributed by atoms with E-state index in [2.05, 4.69) is 20.8 Å². The molecule has 2 N–H and O–H groups in total. The number of hydrogen-bond acceptors (Lipinski definition) is 2. The largest absolute Gasteiger partial charge is 0.396 e. The van der Waals surface area contributed by atoms with Gasteiger partial charge >= 0.3 is 0 Å². The van der Waals surface area contributed by atoms with Crippen molar-refractivity contribution in [3.63, 3.8) is 0 Å². The standard InChI is InChI=1S/C17H25FN2O/c1-17(2,3)13-5-4-9-20(10-8-13)16(21)12-6-7-15(19)14(18)11-12/h6-7,11,13H,4-5,8-10,19H2,1-3H3. The predicted molar refractivity (Wildman–Crippen MR) is 83.5 cm³/mol. The van der Waals surface area contributed by atoms with Crippen molar-refractivity contribution in [3.05, 3.63) is 29.6 Å². The molecule has 3 nitrogen and oxygen atoms in total. The molecule has 0 aromatic heterocycles. The lowest BCUT2D eigenvalue weighted by atomic mass is 9.77. The average Bonchev–Trinajstić information content (AvgIpc) is 2.66. The van der Waals surface area contributed by atoms with Gasteiger partial charge in [0.1, 0.15) is 5.82 Å². The van der Waals surface area contributed by atoms with Crippen molar-refractivity contribution >= 4 is 11.6 Å². The van der Waals surface area contributed by atoms with Crippen LogP contribution in [0.1, 0.15) is 50.4 Å². The Bertz CT molecular complexity index is 522. The number of nitrogens with zero attached hydrogens (tertiary/aromatic N) is 1. The lowest BCUT2D eigenvalue weighted by molar-refractivity contribution is 0.0755.